The summed E-state index contributed by atoms with van der Waals surface area (Å²) in [6.45, 7) is 9.62. The molecule has 0 unspecified atom stereocenters. The molecule has 0 saturated heterocycles. The molecule has 0 aliphatic heterocycles. The fraction of sp³-hybridized carbons (Fsp3) is 0.538. The van der Waals surface area contributed by atoms with E-state index in [1.165, 1.54) is 0 Å². The molecule has 0 aromatic heterocycles. The zero-order valence-electron chi connectivity index (χ0n) is 10.9. The summed E-state index contributed by atoms with van der Waals surface area (Å²) in [7, 11) is 0. The first kappa shape index (κ1) is 14.3. The number of nitrogen functional groups attached to an aromatic ring is 1. The van der Waals surface area contributed by atoms with Gasteiger partial charge in [-0.25, -0.2) is 0 Å². The van der Waals surface area contributed by atoms with E-state index in [0.717, 1.165) is 34.6 Å². The monoisotopic (exact) mass is 300 g/mol. The summed E-state index contributed by atoms with van der Waals surface area (Å²) >= 11 is 3.50. The average molecular weight is 301 g/mol. The zero-order chi connectivity index (χ0) is 13.1. The van der Waals surface area contributed by atoms with Crippen molar-refractivity contribution >= 4 is 27.3 Å². The van der Waals surface area contributed by atoms with Crippen LogP contribution in [0.2, 0.25) is 0 Å². The van der Waals surface area contributed by atoms with E-state index < -0.39 is 0 Å². The van der Waals surface area contributed by atoms with Crippen molar-refractivity contribution in [1.82, 2.24) is 0 Å². The minimum atomic E-state index is -0.177. The lowest BCUT2D eigenvalue weighted by Gasteiger charge is -2.26. The first-order chi connectivity index (χ1) is 7.85. The largest absolute Gasteiger partial charge is 0.398 e. The van der Waals surface area contributed by atoms with Crippen molar-refractivity contribution < 1.29 is 4.74 Å². The Balaban J connectivity index is 2.73. The van der Waals surface area contributed by atoms with Gasteiger partial charge in [0.2, 0.25) is 0 Å². The summed E-state index contributed by atoms with van der Waals surface area (Å²) < 4.78 is 6.62. The van der Waals surface area contributed by atoms with E-state index in [9.17, 15) is 0 Å². The lowest BCUT2D eigenvalue weighted by Crippen LogP contribution is -2.33. The molecule has 0 amide bonds. The Morgan fingerprint density at radius 3 is 2.65 bits per heavy atom. The van der Waals surface area contributed by atoms with E-state index >= 15 is 0 Å². The summed E-state index contributed by atoms with van der Waals surface area (Å²) in [5, 5.41) is 3.38. The van der Waals surface area contributed by atoms with E-state index in [1.807, 2.05) is 26.0 Å². The molecular formula is C13H21BrN2O. The number of hydrogen-bond acceptors (Lipinski definition) is 3. The number of anilines is 2. The summed E-state index contributed by atoms with van der Waals surface area (Å²) in [5.41, 5.74) is 8.58. The quantitative estimate of drug-likeness (QED) is 0.817. The van der Waals surface area contributed by atoms with Gasteiger partial charge < -0.3 is 15.8 Å². The minimum Gasteiger partial charge on any atom is -0.398 e. The van der Waals surface area contributed by atoms with Crippen LogP contribution >= 0.6 is 15.9 Å². The van der Waals surface area contributed by atoms with Crippen LogP contribution in [0.5, 0.6) is 0 Å². The summed E-state index contributed by atoms with van der Waals surface area (Å²) in [5.74, 6) is 0. The van der Waals surface area contributed by atoms with Crippen LogP contribution in [0.15, 0.2) is 16.6 Å². The number of rotatable bonds is 5. The van der Waals surface area contributed by atoms with Gasteiger partial charge in [0, 0.05) is 29.0 Å². The van der Waals surface area contributed by atoms with Gasteiger partial charge in [-0.1, -0.05) is 0 Å². The number of nitrogens with two attached hydrogens (primary N) is 1. The molecule has 0 fully saturated rings. The van der Waals surface area contributed by atoms with E-state index in [4.69, 9.17) is 10.5 Å². The van der Waals surface area contributed by atoms with Crippen LogP contribution in [0.1, 0.15) is 26.3 Å². The molecule has 1 aromatic carbocycles. The van der Waals surface area contributed by atoms with Gasteiger partial charge in [0.05, 0.1) is 5.60 Å². The Hall–Kier alpha value is -0.740. The predicted octanol–water partition coefficient (Wildman–Crippen LogP) is 3.57. The molecule has 1 aromatic rings. The van der Waals surface area contributed by atoms with Gasteiger partial charge in [0.15, 0.2) is 0 Å². The SMILES string of the molecule is CCOC(C)(C)CNc1cc(C)c(N)cc1Br. The summed E-state index contributed by atoms with van der Waals surface area (Å²) in [4.78, 5) is 0. The van der Waals surface area contributed by atoms with Crippen LogP contribution < -0.4 is 11.1 Å². The predicted molar refractivity (Wildman–Crippen MR) is 77.5 cm³/mol. The van der Waals surface area contributed by atoms with Gasteiger partial charge in [0.25, 0.3) is 0 Å². The van der Waals surface area contributed by atoms with Crippen molar-refractivity contribution in [2.75, 3.05) is 24.2 Å². The lowest BCUT2D eigenvalue weighted by atomic mass is 10.1. The van der Waals surface area contributed by atoms with E-state index in [-0.39, 0.29) is 5.60 Å². The van der Waals surface area contributed by atoms with Crippen molar-refractivity contribution in [1.29, 1.82) is 0 Å². The number of nitrogens with one attached hydrogen (secondary N) is 1. The van der Waals surface area contributed by atoms with Crippen LogP contribution in [-0.2, 0) is 4.74 Å². The van der Waals surface area contributed by atoms with Gasteiger partial charge in [-0.3, -0.25) is 0 Å². The molecular weight excluding hydrogens is 280 g/mol. The number of aryl methyl sites for hydroxylation is 1. The fourth-order valence-corrected chi connectivity index (χ4v) is 2.08. The molecule has 0 aliphatic rings. The third-order valence-electron chi connectivity index (χ3n) is 2.60. The highest BCUT2D eigenvalue weighted by Gasteiger charge is 2.17. The number of benzene rings is 1. The van der Waals surface area contributed by atoms with E-state index in [1.54, 1.807) is 0 Å². The number of halogens is 1. The van der Waals surface area contributed by atoms with Gasteiger partial charge in [-0.05, 0) is 61.3 Å². The molecule has 3 nitrogen and oxygen atoms in total. The van der Waals surface area contributed by atoms with Gasteiger partial charge in [-0.2, -0.15) is 0 Å². The second kappa shape index (κ2) is 5.74. The average Bonchev–Trinajstić information content (AvgIpc) is 2.21. The minimum absolute atomic E-state index is 0.177. The molecule has 1 rings (SSSR count). The smallest absolute Gasteiger partial charge is 0.0797 e. The third-order valence-corrected chi connectivity index (χ3v) is 3.25. The standard InChI is InChI=1S/C13H21BrN2O/c1-5-17-13(3,4)8-16-12-6-9(2)11(15)7-10(12)14/h6-7,16H,5,8,15H2,1-4H3. The van der Waals surface area contributed by atoms with Gasteiger partial charge in [-0.15, -0.1) is 0 Å². The Kier molecular flexibility index (Phi) is 4.83. The van der Waals surface area contributed by atoms with Crippen LogP contribution in [0.3, 0.4) is 0 Å². The van der Waals surface area contributed by atoms with Crippen LogP contribution in [0.25, 0.3) is 0 Å². The van der Waals surface area contributed by atoms with Crippen molar-refractivity contribution in [3.8, 4) is 0 Å². The first-order valence-corrected chi connectivity index (χ1v) is 6.58. The second-order valence-corrected chi connectivity index (χ2v) is 5.59. The highest BCUT2D eigenvalue weighted by atomic mass is 79.9. The molecule has 3 N–H and O–H groups in total. The number of hydrogen-bond donors (Lipinski definition) is 2. The number of ether oxygens (including phenoxy) is 1. The Labute approximate surface area is 112 Å². The lowest BCUT2D eigenvalue weighted by molar-refractivity contribution is 0.000690. The highest BCUT2D eigenvalue weighted by molar-refractivity contribution is 9.10. The van der Waals surface area contributed by atoms with Crippen LogP contribution in [-0.4, -0.2) is 18.8 Å². The summed E-state index contributed by atoms with van der Waals surface area (Å²) in [6.07, 6.45) is 0. The maximum Gasteiger partial charge on any atom is 0.0797 e. The fourth-order valence-electron chi connectivity index (χ4n) is 1.58. The zero-order valence-corrected chi connectivity index (χ0v) is 12.5. The topological polar surface area (TPSA) is 47.3 Å². The molecule has 4 heteroatoms. The molecule has 0 heterocycles. The van der Waals surface area contributed by atoms with Crippen molar-refractivity contribution in [2.24, 2.45) is 0 Å². The maximum absolute atomic E-state index is 5.84. The molecule has 96 valence electrons. The normalized spacial score (nSPS) is 11.6. The maximum atomic E-state index is 5.84. The highest BCUT2D eigenvalue weighted by Crippen LogP contribution is 2.28. The van der Waals surface area contributed by atoms with Crippen LogP contribution in [0, 0.1) is 6.92 Å². The second-order valence-electron chi connectivity index (χ2n) is 4.73. The molecule has 0 saturated carbocycles. The molecule has 0 bridgehead atoms. The molecule has 0 spiro atoms. The van der Waals surface area contributed by atoms with Crippen molar-refractivity contribution in [3.05, 3.63) is 22.2 Å². The molecule has 17 heavy (non-hydrogen) atoms. The van der Waals surface area contributed by atoms with Crippen molar-refractivity contribution in [3.63, 3.8) is 0 Å². The molecule has 0 aliphatic carbocycles. The van der Waals surface area contributed by atoms with E-state index in [2.05, 4.69) is 35.1 Å². The van der Waals surface area contributed by atoms with Gasteiger partial charge >= 0.3 is 0 Å². The summed E-state index contributed by atoms with van der Waals surface area (Å²) in [6, 6.07) is 3.97. The Bertz CT molecular complexity index is 391. The van der Waals surface area contributed by atoms with Gasteiger partial charge in [0.1, 0.15) is 0 Å². The first-order valence-electron chi connectivity index (χ1n) is 5.79. The Morgan fingerprint density at radius 1 is 1.41 bits per heavy atom. The van der Waals surface area contributed by atoms with Crippen LogP contribution in [0.4, 0.5) is 11.4 Å². The molecule has 0 radical (unpaired) electrons. The third kappa shape index (κ3) is 4.21. The van der Waals surface area contributed by atoms with Crippen molar-refractivity contribution in [2.45, 2.75) is 33.3 Å². The Morgan fingerprint density at radius 2 is 2.06 bits per heavy atom. The van der Waals surface area contributed by atoms with E-state index in [0.29, 0.717) is 0 Å². The molecule has 0 atom stereocenters.